The molecular weight excluding hydrogens is 470 g/mol. The van der Waals surface area contributed by atoms with E-state index in [0.717, 1.165) is 29.3 Å². The lowest BCUT2D eigenvalue weighted by atomic mass is 9.88. The van der Waals surface area contributed by atoms with Gasteiger partial charge in [0.05, 0.1) is 17.0 Å². The molecule has 2 saturated heterocycles. The standard InChI is InChI=1S/C28H31F4N3O/c1-2-34-15-12-21-4-3-5-24(26(21)34)27(36)35-17-22(25(18-35)28(30,31)32)16-33-13-10-20(11-14-33)19-6-8-23(29)9-7-19/h3-9,12,15,20,22,25H,2,10-11,13-14,16-18H2,1H3/t22?,25-/m1/s1. The highest BCUT2D eigenvalue weighted by atomic mass is 19.4. The van der Waals surface area contributed by atoms with Crippen LogP contribution in [0.1, 0.15) is 41.6 Å². The summed E-state index contributed by atoms with van der Waals surface area (Å²) < 4.78 is 57.4. The lowest BCUT2D eigenvalue weighted by Gasteiger charge is -2.35. The smallest absolute Gasteiger partial charge is 0.347 e. The largest absolute Gasteiger partial charge is 0.393 e. The van der Waals surface area contributed by atoms with Gasteiger partial charge in [0.1, 0.15) is 5.82 Å². The van der Waals surface area contributed by atoms with Crippen molar-refractivity contribution in [3.8, 4) is 0 Å². The van der Waals surface area contributed by atoms with Gasteiger partial charge in [-0.15, -0.1) is 0 Å². The summed E-state index contributed by atoms with van der Waals surface area (Å²) in [5.74, 6) is -2.51. The van der Waals surface area contributed by atoms with E-state index in [9.17, 15) is 22.4 Å². The Morgan fingerprint density at radius 3 is 2.39 bits per heavy atom. The third-order valence-corrected chi connectivity index (χ3v) is 7.93. The van der Waals surface area contributed by atoms with Crippen LogP contribution >= 0.6 is 0 Å². The van der Waals surface area contributed by atoms with Crippen molar-refractivity contribution in [3.05, 3.63) is 71.7 Å². The van der Waals surface area contributed by atoms with E-state index in [0.29, 0.717) is 31.7 Å². The Balaban J connectivity index is 1.29. The molecule has 8 heteroatoms. The molecule has 2 aromatic carbocycles. The van der Waals surface area contributed by atoms with E-state index < -0.39 is 18.0 Å². The Labute approximate surface area is 208 Å². The molecule has 4 nitrogen and oxygen atoms in total. The monoisotopic (exact) mass is 501 g/mol. The van der Waals surface area contributed by atoms with Crippen molar-refractivity contribution in [2.75, 3.05) is 32.7 Å². The molecule has 0 saturated carbocycles. The molecule has 192 valence electrons. The van der Waals surface area contributed by atoms with Crippen LogP contribution in [-0.4, -0.2) is 59.2 Å². The second-order valence-electron chi connectivity index (χ2n) is 10.1. The molecule has 1 aromatic heterocycles. The van der Waals surface area contributed by atoms with Crippen molar-refractivity contribution in [1.82, 2.24) is 14.4 Å². The van der Waals surface area contributed by atoms with Crippen LogP contribution in [0.15, 0.2) is 54.7 Å². The molecule has 0 bridgehead atoms. The molecule has 1 unspecified atom stereocenters. The number of amides is 1. The minimum atomic E-state index is -4.36. The summed E-state index contributed by atoms with van der Waals surface area (Å²) in [6.07, 6.45) is -0.800. The fraction of sp³-hybridized carbons (Fsp3) is 0.464. The number of benzene rings is 2. The maximum absolute atomic E-state index is 14.1. The molecule has 3 aromatic rings. The summed E-state index contributed by atoms with van der Waals surface area (Å²) in [4.78, 5) is 17.0. The Hall–Kier alpha value is -2.87. The van der Waals surface area contributed by atoms with E-state index in [1.165, 1.54) is 17.0 Å². The van der Waals surface area contributed by atoms with Crippen LogP contribution in [0.25, 0.3) is 10.9 Å². The number of hydrogen-bond acceptors (Lipinski definition) is 2. The predicted molar refractivity (Wildman–Crippen MR) is 131 cm³/mol. The van der Waals surface area contributed by atoms with Crippen LogP contribution in [0.3, 0.4) is 0 Å². The maximum atomic E-state index is 14.1. The number of fused-ring (bicyclic) bond motifs is 1. The Kier molecular flexibility index (Phi) is 6.81. The number of aryl methyl sites for hydroxylation is 1. The number of likely N-dealkylation sites (tertiary alicyclic amines) is 2. The molecule has 0 radical (unpaired) electrons. The third kappa shape index (κ3) is 4.88. The minimum absolute atomic E-state index is 0.101. The van der Waals surface area contributed by atoms with Gasteiger partial charge in [-0.1, -0.05) is 24.3 Å². The first-order chi connectivity index (χ1) is 17.2. The van der Waals surface area contributed by atoms with E-state index in [1.807, 2.05) is 29.8 Å². The van der Waals surface area contributed by atoms with Gasteiger partial charge in [0.15, 0.2) is 0 Å². The fourth-order valence-electron chi connectivity index (χ4n) is 5.98. The minimum Gasteiger partial charge on any atom is -0.347 e. The van der Waals surface area contributed by atoms with Gasteiger partial charge < -0.3 is 14.4 Å². The Morgan fingerprint density at radius 1 is 1.00 bits per heavy atom. The average Bonchev–Trinajstić information content (AvgIpc) is 3.49. The van der Waals surface area contributed by atoms with Gasteiger partial charge >= 0.3 is 6.18 Å². The predicted octanol–water partition coefficient (Wildman–Crippen LogP) is 5.93. The van der Waals surface area contributed by atoms with Gasteiger partial charge in [0, 0.05) is 43.7 Å². The summed E-state index contributed by atoms with van der Waals surface area (Å²) in [5.41, 5.74) is 2.31. The van der Waals surface area contributed by atoms with Crippen molar-refractivity contribution in [2.24, 2.45) is 11.8 Å². The molecule has 0 N–H and O–H groups in total. The van der Waals surface area contributed by atoms with Gasteiger partial charge in [-0.05, 0) is 68.6 Å². The van der Waals surface area contributed by atoms with Crippen LogP contribution in [-0.2, 0) is 6.54 Å². The number of carbonyl (C=O) groups is 1. The number of nitrogens with zero attached hydrogens (tertiary/aromatic N) is 3. The number of carbonyl (C=O) groups excluding carboxylic acids is 1. The van der Waals surface area contributed by atoms with Gasteiger partial charge in [-0.25, -0.2) is 4.39 Å². The molecule has 0 spiro atoms. The summed E-state index contributed by atoms with van der Waals surface area (Å²) in [5, 5.41) is 0.912. The van der Waals surface area contributed by atoms with E-state index >= 15 is 0 Å². The maximum Gasteiger partial charge on any atom is 0.393 e. The van der Waals surface area contributed by atoms with Crippen molar-refractivity contribution in [3.63, 3.8) is 0 Å². The number of hydrogen-bond donors (Lipinski definition) is 0. The molecule has 2 fully saturated rings. The third-order valence-electron chi connectivity index (χ3n) is 7.93. The van der Waals surface area contributed by atoms with Crippen LogP contribution in [0.5, 0.6) is 0 Å². The summed E-state index contributed by atoms with van der Waals surface area (Å²) in [7, 11) is 0. The zero-order valence-electron chi connectivity index (χ0n) is 20.3. The lowest BCUT2D eigenvalue weighted by molar-refractivity contribution is -0.181. The Bertz CT molecular complexity index is 1210. The number of halogens is 4. The van der Waals surface area contributed by atoms with Gasteiger partial charge in [0.2, 0.25) is 0 Å². The molecule has 1 amide bonds. The zero-order chi connectivity index (χ0) is 25.4. The zero-order valence-corrected chi connectivity index (χ0v) is 20.3. The molecular formula is C28H31F4N3O. The van der Waals surface area contributed by atoms with Crippen molar-refractivity contribution in [1.29, 1.82) is 0 Å². The van der Waals surface area contributed by atoms with E-state index in [1.54, 1.807) is 24.3 Å². The van der Waals surface area contributed by atoms with Crippen LogP contribution in [0, 0.1) is 17.7 Å². The highest BCUT2D eigenvalue weighted by molar-refractivity contribution is 6.06. The van der Waals surface area contributed by atoms with Gasteiger partial charge in [0.25, 0.3) is 5.91 Å². The number of para-hydroxylation sites is 1. The van der Waals surface area contributed by atoms with Crippen LogP contribution in [0.2, 0.25) is 0 Å². The first-order valence-electron chi connectivity index (χ1n) is 12.7. The van der Waals surface area contributed by atoms with E-state index in [4.69, 9.17) is 0 Å². The first kappa shape index (κ1) is 24.8. The molecule has 5 rings (SSSR count). The van der Waals surface area contributed by atoms with E-state index in [-0.39, 0.29) is 30.7 Å². The Morgan fingerprint density at radius 2 is 1.72 bits per heavy atom. The highest BCUT2D eigenvalue weighted by Crippen LogP contribution is 2.39. The summed E-state index contributed by atoms with van der Waals surface area (Å²) >= 11 is 0. The highest BCUT2D eigenvalue weighted by Gasteiger charge is 2.51. The molecule has 2 atom stereocenters. The first-order valence-corrected chi connectivity index (χ1v) is 12.7. The topological polar surface area (TPSA) is 28.5 Å². The molecule has 36 heavy (non-hydrogen) atoms. The van der Waals surface area contributed by atoms with E-state index in [2.05, 4.69) is 4.90 Å². The van der Waals surface area contributed by atoms with Crippen LogP contribution < -0.4 is 0 Å². The normalized spacial score (nSPS) is 22.0. The number of piperidine rings is 1. The quantitative estimate of drug-likeness (QED) is 0.406. The number of alkyl halides is 3. The molecule has 0 aliphatic carbocycles. The number of rotatable bonds is 5. The average molecular weight is 502 g/mol. The van der Waals surface area contributed by atoms with Gasteiger partial charge in [-0.3, -0.25) is 4.79 Å². The number of aromatic nitrogens is 1. The van der Waals surface area contributed by atoms with Crippen LogP contribution in [0.4, 0.5) is 17.6 Å². The summed E-state index contributed by atoms with van der Waals surface area (Å²) in [6.45, 7) is 4.16. The summed E-state index contributed by atoms with van der Waals surface area (Å²) in [6, 6.07) is 13.9. The second kappa shape index (κ2) is 9.88. The fourth-order valence-corrected chi connectivity index (χ4v) is 5.98. The van der Waals surface area contributed by atoms with Crippen molar-refractivity contribution >= 4 is 16.8 Å². The van der Waals surface area contributed by atoms with Crippen molar-refractivity contribution < 1.29 is 22.4 Å². The van der Waals surface area contributed by atoms with Crippen molar-refractivity contribution in [2.45, 2.75) is 38.4 Å². The second-order valence-corrected chi connectivity index (χ2v) is 10.1. The molecule has 2 aliphatic heterocycles. The lowest BCUT2D eigenvalue weighted by Crippen LogP contribution is -2.41. The SMILES string of the molecule is CCn1ccc2cccc(C(=O)N3CC(CN4CCC(c5ccc(F)cc5)CC4)[C@H](C(F)(F)F)C3)c21. The molecule has 3 heterocycles. The van der Waals surface area contributed by atoms with Gasteiger partial charge in [-0.2, -0.15) is 13.2 Å². The molecule has 2 aliphatic rings.